The van der Waals surface area contributed by atoms with Gasteiger partial charge < -0.3 is 15.7 Å². The Balaban J connectivity index is 1.55. The summed E-state index contributed by atoms with van der Waals surface area (Å²) in [6.45, 7) is 0.507. The standard InChI is InChI=1S/C20H23F4N5O2/c21-13-9-11(3-4-12(13)17(30)20(22,23)24)27-18-16-15(6-8-26-19(16)31)29(28-18)14(5-7-25)10-1-2-10/h3-4,9-10,14-18,27-28,30H,1-2,5-6,8H2,(H,26,31)/t14-,15?,16?,17?,18?/m0/s1. The van der Waals surface area contributed by atoms with E-state index in [2.05, 4.69) is 22.1 Å². The number of rotatable bonds is 6. The van der Waals surface area contributed by atoms with Crippen LogP contribution < -0.4 is 16.1 Å². The lowest BCUT2D eigenvalue weighted by atomic mass is 9.90. The molecule has 3 aliphatic rings. The number of hydrogen-bond acceptors (Lipinski definition) is 6. The van der Waals surface area contributed by atoms with Gasteiger partial charge in [-0.15, -0.1) is 0 Å². The molecule has 1 aliphatic carbocycles. The molecule has 168 valence electrons. The fraction of sp³-hybridized carbons (Fsp3) is 0.600. The number of nitriles is 1. The second-order valence-corrected chi connectivity index (χ2v) is 8.28. The van der Waals surface area contributed by atoms with Crippen LogP contribution >= 0.6 is 0 Å². The van der Waals surface area contributed by atoms with Crippen molar-refractivity contribution in [2.45, 2.75) is 56.2 Å². The van der Waals surface area contributed by atoms with Crippen LogP contribution in [0.25, 0.3) is 0 Å². The van der Waals surface area contributed by atoms with Crippen molar-refractivity contribution in [1.82, 2.24) is 15.8 Å². The zero-order chi connectivity index (χ0) is 22.3. The number of fused-ring (bicyclic) bond motifs is 1. The predicted octanol–water partition coefficient (Wildman–Crippen LogP) is 2.18. The van der Waals surface area contributed by atoms with Gasteiger partial charge in [0.2, 0.25) is 5.91 Å². The van der Waals surface area contributed by atoms with E-state index in [-0.39, 0.29) is 23.7 Å². The molecule has 11 heteroatoms. The molecule has 1 aromatic rings. The van der Waals surface area contributed by atoms with E-state index in [9.17, 15) is 32.7 Å². The van der Waals surface area contributed by atoms with Crippen LogP contribution in [0.4, 0.5) is 23.2 Å². The molecule has 5 atom stereocenters. The van der Waals surface area contributed by atoms with E-state index in [1.54, 1.807) is 0 Å². The number of hydrazine groups is 1. The van der Waals surface area contributed by atoms with Crippen molar-refractivity contribution in [2.24, 2.45) is 11.8 Å². The Kier molecular flexibility index (Phi) is 5.81. The van der Waals surface area contributed by atoms with E-state index in [1.807, 2.05) is 5.01 Å². The van der Waals surface area contributed by atoms with Gasteiger partial charge in [-0.25, -0.2) is 14.8 Å². The van der Waals surface area contributed by atoms with Gasteiger partial charge in [0.05, 0.1) is 18.4 Å². The van der Waals surface area contributed by atoms with Crippen LogP contribution in [0.2, 0.25) is 0 Å². The van der Waals surface area contributed by atoms with Crippen molar-refractivity contribution in [3.8, 4) is 6.07 Å². The molecule has 4 unspecified atom stereocenters. The summed E-state index contributed by atoms with van der Waals surface area (Å²) in [6.07, 6.45) is -5.49. The monoisotopic (exact) mass is 441 g/mol. The van der Waals surface area contributed by atoms with Crippen LogP contribution in [-0.4, -0.2) is 47.0 Å². The lowest BCUT2D eigenvalue weighted by molar-refractivity contribution is -0.207. The second kappa shape index (κ2) is 8.26. The summed E-state index contributed by atoms with van der Waals surface area (Å²) in [4.78, 5) is 12.6. The lowest BCUT2D eigenvalue weighted by Crippen LogP contribution is -2.52. The number of carbonyl (C=O) groups is 1. The largest absolute Gasteiger partial charge is 0.418 e. The van der Waals surface area contributed by atoms with Crippen LogP contribution in [0.3, 0.4) is 0 Å². The molecule has 2 saturated heterocycles. The average molecular weight is 441 g/mol. The Morgan fingerprint density at radius 3 is 2.68 bits per heavy atom. The molecule has 0 spiro atoms. The first-order valence-corrected chi connectivity index (χ1v) is 10.2. The first-order valence-electron chi connectivity index (χ1n) is 10.2. The molecule has 2 heterocycles. The molecule has 3 fully saturated rings. The third kappa shape index (κ3) is 4.33. The molecule has 0 radical (unpaired) electrons. The Bertz CT molecular complexity index is 885. The van der Waals surface area contributed by atoms with E-state index < -0.39 is 35.7 Å². The molecule has 0 aromatic heterocycles. The maximum atomic E-state index is 14.3. The topological polar surface area (TPSA) is 100 Å². The van der Waals surface area contributed by atoms with Gasteiger partial charge in [0.15, 0.2) is 6.10 Å². The van der Waals surface area contributed by atoms with Gasteiger partial charge in [0.1, 0.15) is 12.0 Å². The Hall–Kier alpha value is -2.42. The number of hydrogen-bond donors (Lipinski definition) is 4. The number of carbonyl (C=O) groups excluding carboxylic acids is 1. The number of halogens is 4. The van der Waals surface area contributed by atoms with Gasteiger partial charge >= 0.3 is 6.18 Å². The van der Waals surface area contributed by atoms with Crippen LogP contribution in [0.5, 0.6) is 0 Å². The molecule has 4 rings (SSSR count). The lowest BCUT2D eigenvalue weighted by Gasteiger charge is -2.34. The summed E-state index contributed by atoms with van der Waals surface area (Å²) in [5, 5.41) is 26.4. The van der Waals surface area contributed by atoms with Crippen molar-refractivity contribution < 1.29 is 27.5 Å². The summed E-state index contributed by atoms with van der Waals surface area (Å²) in [7, 11) is 0. The smallest absolute Gasteiger partial charge is 0.379 e. The van der Waals surface area contributed by atoms with E-state index in [4.69, 9.17) is 0 Å². The molecule has 1 aromatic carbocycles. The summed E-state index contributed by atoms with van der Waals surface area (Å²) in [5.74, 6) is -1.52. The molecule has 31 heavy (non-hydrogen) atoms. The van der Waals surface area contributed by atoms with Crippen LogP contribution in [0, 0.1) is 29.0 Å². The summed E-state index contributed by atoms with van der Waals surface area (Å²) in [5.41, 5.74) is 2.57. The number of nitrogens with zero attached hydrogens (tertiary/aromatic N) is 2. The number of amides is 1. The zero-order valence-electron chi connectivity index (χ0n) is 16.5. The molecule has 7 nitrogen and oxygen atoms in total. The predicted molar refractivity (Wildman–Crippen MR) is 101 cm³/mol. The third-order valence-electron chi connectivity index (χ3n) is 6.21. The number of piperidine rings is 1. The number of benzene rings is 1. The zero-order valence-corrected chi connectivity index (χ0v) is 16.5. The number of anilines is 1. The molecule has 2 aliphatic heterocycles. The van der Waals surface area contributed by atoms with Crippen LogP contribution in [0.1, 0.15) is 37.4 Å². The highest BCUT2D eigenvalue weighted by Gasteiger charge is 2.52. The molecule has 4 N–H and O–H groups in total. The minimum atomic E-state index is -4.98. The van der Waals surface area contributed by atoms with E-state index in [0.717, 1.165) is 25.0 Å². The quantitative estimate of drug-likeness (QED) is 0.505. The number of aliphatic hydroxyl groups excluding tert-OH is 1. The molecular formula is C20H23F4N5O2. The fourth-order valence-electron chi connectivity index (χ4n) is 4.56. The second-order valence-electron chi connectivity index (χ2n) is 8.28. The van der Waals surface area contributed by atoms with E-state index >= 15 is 0 Å². The Morgan fingerprint density at radius 1 is 1.32 bits per heavy atom. The fourth-order valence-corrected chi connectivity index (χ4v) is 4.56. The minimum Gasteiger partial charge on any atom is -0.379 e. The van der Waals surface area contributed by atoms with E-state index in [1.165, 1.54) is 6.07 Å². The molecule has 0 bridgehead atoms. The third-order valence-corrected chi connectivity index (χ3v) is 6.21. The van der Waals surface area contributed by atoms with Crippen molar-refractivity contribution >= 4 is 11.6 Å². The summed E-state index contributed by atoms with van der Waals surface area (Å²) < 4.78 is 52.4. The maximum Gasteiger partial charge on any atom is 0.418 e. The van der Waals surface area contributed by atoms with Crippen molar-refractivity contribution in [3.05, 3.63) is 29.6 Å². The van der Waals surface area contributed by atoms with Crippen molar-refractivity contribution in [1.29, 1.82) is 5.26 Å². The first-order chi connectivity index (χ1) is 14.7. The van der Waals surface area contributed by atoms with Crippen molar-refractivity contribution in [2.75, 3.05) is 11.9 Å². The van der Waals surface area contributed by atoms with Gasteiger partial charge in [0.25, 0.3) is 0 Å². The number of alkyl halides is 3. The average Bonchev–Trinajstić information content (AvgIpc) is 3.48. The first kappa shape index (κ1) is 21.8. The van der Waals surface area contributed by atoms with Gasteiger partial charge in [-0.1, -0.05) is 6.07 Å². The minimum absolute atomic E-state index is 0.0451. The number of nitrogens with one attached hydrogen (secondary N) is 3. The molecular weight excluding hydrogens is 418 g/mol. The summed E-state index contributed by atoms with van der Waals surface area (Å²) >= 11 is 0. The maximum absolute atomic E-state index is 14.3. The summed E-state index contributed by atoms with van der Waals surface area (Å²) in [6, 6.07) is 5.00. The van der Waals surface area contributed by atoms with Crippen LogP contribution in [-0.2, 0) is 4.79 Å². The Morgan fingerprint density at radius 2 is 2.06 bits per heavy atom. The highest BCUT2D eigenvalue weighted by molar-refractivity contribution is 5.82. The highest BCUT2D eigenvalue weighted by Crippen LogP contribution is 2.41. The van der Waals surface area contributed by atoms with Gasteiger partial charge in [0, 0.05) is 29.9 Å². The van der Waals surface area contributed by atoms with Gasteiger partial charge in [-0.05, 0) is 37.3 Å². The highest BCUT2D eigenvalue weighted by atomic mass is 19.4. The van der Waals surface area contributed by atoms with Crippen molar-refractivity contribution in [3.63, 3.8) is 0 Å². The molecule has 1 amide bonds. The van der Waals surface area contributed by atoms with Crippen LogP contribution in [0.15, 0.2) is 18.2 Å². The van der Waals surface area contributed by atoms with E-state index in [0.29, 0.717) is 25.3 Å². The normalized spacial score (nSPS) is 28.4. The molecule has 1 saturated carbocycles. The number of aliphatic hydroxyl groups is 1. The van der Waals surface area contributed by atoms with Gasteiger partial charge in [-0.3, -0.25) is 4.79 Å². The Labute approximate surface area is 176 Å². The SMILES string of the molecule is N#CC[C@@H](C1CC1)N1NC(Nc2ccc(C(O)C(F)(F)F)c(F)c2)C2C(=O)NCCC21. The van der Waals surface area contributed by atoms with Gasteiger partial charge in [-0.2, -0.15) is 18.4 Å².